The maximum atomic E-state index is 15.5. The second kappa shape index (κ2) is 11.6. The molecule has 0 saturated heterocycles. The summed E-state index contributed by atoms with van der Waals surface area (Å²) in [6.07, 6.45) is 9.07. The highest BCUT2D eigenvalue weighted by Gasteiger charge is 2.74. The van der Waals surface area contributed by atoms with E-state index >= 15 is 9.59 Å². The molecule has 6 atom stereocenters. The maximum absolute atomic E-state index is 15.5. The lowest BCUT2D eigenvalue weighted by molar-refractivity contribution is -0.172. The molecule has 0 radical (unpaired) electrons. The van der Waals surface area contributed by atoms with Gasteiger partial charge in [-0.25, -0.2) is 0 Å². The Labute approximate surface area is 265 Å². The standard InChI is InChI=1S/C40H52O4/c1-24(2)20-27(7)30(26(5)6)22-39-23-31(28(8)21-25(3)4)38(11,12)40(36(39)43)19-18-37(9,10)44-35(40)32(34(39)42)33(41)29-16-14-13-15-17-29/h13-21,27-28,30-31H,5,22-23H2,1-4,6-12H3/t27-,28+,30?,31?,39-,40+/m1/s1. The molecule has 1 fully saturated rings. The summed E-state index contributed by atoms with van der Waals surface area (Å²) in [6, 6.07) is 8.91. The first kappa shape index (κ1) is 33.6. The summed E-state index contributed by atoms with van der Waals surface area (Å²) in [5.41, 5.74) is -0.393. The summed E-state index contributed by atoms with van der Waals surface area (Å²) in [6.45, 7) is 27.0. The Balaban J connectivity index is 2.12. The predicted octanol–water partition coefficient (Wildman–Crippen LogP) is 9.45. The predicted molar refractivity (Wildman–Crippen MR) is 179 cm³/mol. The third-order valence-corrected chi connectivity index (χ3v) is 10.6. The Hall–Kier alpha value is -3.27. The van der Waals surface area contributed by atoms with Crippen LogP contribution in [0.5, 0.6) is 0 Å². The fourth-order valence-corrected chi connectivity index (χ4v) is 8.46. The van der Waals surface area contributed by atoms with Crippen molar-refractivity contribution in [2.75, 3.05) is 0 Å². The normalized spacial score (nSPS) is 28.7. The van der Waals surface area contributed by atoms with Crippen molar-refractivity contribution in [3.8, 4) is 0 Å². The molecule has 1 aromatic carbocycles. The van der Waals surface area contributed by atoms with Gasteiger partial charge in [-0.1, -0.05) is 99.6 Å². The summed E-state index contributed by atoms with van der Waals surface area (Å²) in [5, 5.41) is 0. The molecule has 1 aromatic rings. The molecule has 1 spiro atoms. The van der Waals surface area contributed by atoms with Gasteiger partial charge in [-0.2, -0.15) is 0 Å². The van der Waals surface area contributed by atoms with Crippen molar-refractivity contribution in [2.24, 2.45) is 39.9 Å². The minimum atomic E-state index is -1.41. The second-order valence-electron chi connectivity index (χ2n) is 15.4. The summed E-state index contributed by atoms with van der Waals surface area (Å²) < 4.78 is 6.68. The fraction of sp³-hybridized carbons (Fsp3) is 0.525. The van der Waals surface area contributed by atoms with Crippen molar-refractivity contribution in [3.63, 3.8) is 0 Å². The van der Waals surface area contributed by atoms with Gasteiger partial charge in [-0.05, 0) is 96.5 Å². The van der Waals surface area contributed by atoms with Crippen molar-refractivity contribution in [3.05, 3.63) is 94.8 Å². The molecule has 2 bridgehead atoms. The molecule has 0 N–H and O–H groups in total. The zero-order chi connectivity index (χ0) is 33.0. The molecule has 1 saturated carbocycles. The van der Waals surface area contributed by atoms with E-state index in [1.54, 1.807) is 24.3 Å². The van der Waals surface area contributed by atoms with Crippen LogP contribution in [-0.2, 0) is 14.3 Å². The molecular formula is C40H52O4. The number of ether oxygens (including phenoxy) is 1. The number of allylic oxidation sites excluding steroid dienone is 7. The lowest BCUT2D eigenvalue weighted by Crippen LogP contribution is -2.68. The minimum Gasteiger partial charge on any atom is -0.486 e. The van der Waals surface area contributed by atoms with Crippen LogP contribution in [0.15, 0.2) is 89.3 Å². The highest BCUT2D eigenvalue weighted by atomic mass is 16.5. The van der Waals surface area contributed by atoms with Crippen molar-refractivity contribution in [1.29, 1.82) is 0 Å². The van der Waals surface area contributed by atoms with Gasteiger partial charge in [0.15, 0.2) is 17.3 Å². The van der Waals surface area contributed by atoms with Crippen LogP contribution >= 0.6 is 0 Å². The van der Waals surface area contributed by atoms with Crippen LogP contribution < -0.4 is 0 Å². The smallest absolute Gasteiger partial charge is 0.200 e. The lowest BCUT2D eigenvalue weighted by atomic mass is 9.39. The second-order valence-corrected chi connectivity index (χ2v) is 15.4. The molecular weight excluding hydrogens is 544 g/mol. The lowest BCUT2D eigenvalue weighted by Gasteiger charge is -2.63. The van der Waals surface area contributed by atoms with Crippen LogP contribution in [0.25, 0.3) is 0 Å². The highest BCUT2D eigenvalue weighted by molar-refractivity contribution is 6.35. The molecule has 4 rings (SSSR count). The van der Waals surface area contributed by atoms with Crippen molar-refractivity contribution >= 4 is 17.3 Å². The van der Waals surface area contributed by atoms with E-state index in [0.717, 1.165) is 5.57 Å². The largest absolute Gasteiger partial charge is 0.486 e. The zero-order valence-electron chi connectivity index (χ0n) is 28.8. The topological polar surface area (TPSA) is 60.4 Å². The van der Waals surface area contributed by atoms with E-state index in [2.05, 4.69) is 74.1 Å². The van der Waals surface area contributed by atoms with Crippen molar-refractivity contribution in [1.82, 2.24) is 0 Å². The van der Waals surface area contributed by atoms with Gasteiger partial charge in [-0.3, -0.25) is 14.4 Å². The Morgan fingerprint density at radius 2 is 1.55 bits per heavy atom. The molecule has 0 aromatic heterocycles. The molecule has 4 heteroatoms. The minimum absolute atomic E-state index is 0.0324. The van der Waals surface area contributed by atoms with Gasteiger partial charge in [0, 0.05) is 5.56 Å². The van der Waals surface area contributed by atoms with Crippen LogP contribution in [0.2, 0.25) is 0 Å². The van der Waals surface area contributed by atoms with Gasteiger partial charge in [0.05, 0.1) is 5.41 Å². The van der Waals surface area contributed by atoms with Gasteiger partial charge >= 0.3 is 0 Å². The number of benzene rings is 1. The summed E-state index contributed by atoms with van der Waals surface area (Å²) >= 11 is 0. The number of hydrogen-bond donors (Lipinski definition) is 0. The molecule has 2 aliphatic carbocycles. The van der Waals surface area contributed by atoms with Crippen LogP contribution in [0.1, 0.15) is 99.4 Å². The summed E-state index contributed by atoms with van der Waals surface area (Å²) in [4.78, 5) is 45.2. The molecule has 3 aliphatic rings. The van der Waals surface area contributed by atoms with Crippen LogP contribution in [0.3, 0.4) is 0 Å². The van der Waals surface area contributed by atoms with E-state index in [0.29, 0.717) is 18.4 Å². The Morgan fingerprint density at radius 1 is 0.955 bits per heavy atom. The number of carbonyl (C=O) groups excluding carboxylic acids is 3. The Kier molecular flexibility index (Phi) is 8.85. The average molecular weight is 597 g/mol. The van der Waals surface area contributed by atoms with E-state index < -0.39 is 27.6 Å². The third kappa shape index (κ3) is 5.33. The fourth-order valence-electron chi connectivity index (χ4n) is 8.46. The number of carbonyl (C=O) groups is 3. The first-order chi connectivity index (χ1) is 20.3. The molecule has 2 unspecified atom stereocenters. The number of rotatable bonds is 9. The molecule has 1 heterocycles. The monoisotopic (exact) mass is 596 g/mol. The van der Waals surface area contributed by atoms with Gasteiger partial charge < -0.3 is 4.74 Å². The van der Waals surface area contributed by atoms with E-state index in [1.165, 1.54) is 11.1 Å². The van der Waals surface area contributed by atoms with Gasteiger partial charge in [0.25, 0.3) is 0 Å². The molecule has 236 valence electrons. The number of ketones is 3. The zero-order valence-corrected chi connectivity index (χ0v) is 28.8. The van der Waals surface area contributed by atoms with E-state index in [-0.39, 0.29) is 46.6 Å². The number of Topliss-reactive ketones (excluding diaryl/α,β-unsaturated/α-hetero) is 3. The van der Waals surface area contributed by atoms with Crippen LogP contribution in [0.4, 0.5) is 0 Å². The average Bonchev–Trinajstić information content (AvgIpc) is 2.91. The summed E-state index contributed by atoms with van der Waals surface area (Å²) in [5.74, 6) is -0.710. The quantitative estimate of drug-likeness (QED) is 0.123. The summed E-state index contributed by atoms with van der Waals surface area (Å²) in [7, 11) is 0. The van der Waals surface area contributed by atoms with Crippen LogP contribution in [0, 0.1) is 39.9 Å². The van der Waals surface area contributed by atoms with E-state index in [9.17, 15) is 4.79 Å². The number of hydrogen-bond acceptors (Lipinski definition) is 4. The third-order valence-electron chi connectivity index (χ3n) is 10.6. The molecule has 4 nitrogen and oxygen atoms in total. The van der Waals surface area contributed by atoms with Crippen LogP contribution in [-0.4, -0.2) is 23.0 Å². The highest BCUT2D eigenvalue weighted by Crippen LogP contribution is 2.69. The van der Waals surface area contributed by atoms with E-state index in [4.69, 9.17) is 4.74 Å². The maximum Gasteiger partial charge on any atom is 0.200 e. The van der Waals surface area contributed by atoms with Crippen molar-refractivity contribution in [2.45, 2.75) is 94.6 Å². The first-order valence-corrected chi connectivity index (χ1v) is 16.1. The number of fused-ring (bicyclic) bond motifs is 1. The van der Waals surface area contributed by atoms with Gasteiger partial charge in [0.2, 0.25) is 0 Å². The molecule has 44 heavy (non-hydrogen) atoms. The van der Waals surface area contributed by atoms with Crippen molar-refractivity contribution < 1.29 is 19.1 Å². The van der Waals surface area contributed by atoms with Gasteiger partial charge in [0.1, 0.15) is 22.3 Å². The molecule has 1 aliphatic heterocycles. The first-order valence-electron chi connectivity index (χ1n) is 16.1. The van der Waals surface area contributed by atoms with E-state index in [1.807, 2.05) is 39.0 Å². The Bertz CT molecular complexity index is 1490. The Morgan fingerprint density at radius 3 is 2.09 bits per heavy atom. The molecule has 0 amide bonds. The van der Waals surface area contributed by atoms with Gasteiger partial charge in [-0.15, -0.1) is 0 Å². The SMILES string of the molecule is C=C(C)C(C[C@@]12CC([C@@H](C)C=C(C)C)C(C)(C)[C@]3(C=CC(C)(C)OC3=C(C(=O)c3ccccc3)C1=O)C2=O)[C@H](C)C=C(C)C.